The average Bonchev–Trinajstić information content (AvgIpc) is 2.76. The molecule has 2 unspecified atom stereocenters. The quantitative estimate of drug-likeness (QED) is 0.492. The lowest BCUT2D eigenvalue weighted by Gasteiger charge is -2.47. The average molecular weight is 354 g/mol. The number of benzene rings is 2. The standard InChI is InChI=1S/C28H18/c1-3-16-28-17-4-2-15-24(28)27-22-13-6-9-18-8-5-10-19(25(18)22)20-11-7-12-21(26(20)27)23(28)14-1/h1-17,26H. The molecule has 0 bridgehead atoms. The molecule has 130 valence electrons. The Morgan fingerprint density at radius 2 is 1.43 bits per heavy atom. The van der Waals surface area contributed by atoms with Crippen molar-refractivity contribution in [1.82, 2.24) is 0 Å². The first-order valence-electron chi connectivity index (χ1n) is 10.0. The molecule has 0 heterocycles. The first-order chi connectivity index (χ1) is 13.9. The maximum absolute atomic E-state index is 2.38. The molecule has 7 rings (SSSR count). The van der Waals surface area contributed by atoms with Crippen LogP contribution in [-0.4, -0.2) is 0 Å². The Balaban J connectivity index is 1.72. The van der Waals surface area contributed by atoms with Gasteiger partial charge in [0.2, 0.25) is 0 Å². The normalized spacial score (nSPS) is 27.7. The highest BCUT2D eigenvalue weighted by molar-refractivity contribution is 6.11. The van der Waals surface area contributed by atoms with Crippen LogP contribution < -0.4 is 0 Å². The van der Waals surface area contributed by atoms with Crippen molar-refractivity contribution in [3.63, 3.8) is 0 Å². The molecular weight excluding hydrogens is 336 g/mol. The van der Waals surface area contributed by atoms with Crippen molar-refractivity contribution in [2.45, 2.75) is 0 Å². The first kappa shape index (κ1) is 14.6. The van der Waals surface area contributed by atoms with Gasteiger partial charge in [-0.15, -0.1) is 0 Å². The molecule has 0 aromatic heterocycles. The van der Waals surface area contributed by atoms with E-state index in [1.54, 1.807) is 0 Å². The van der Waals surface area contributed by atoms with E-state index in [9.17, 15) is 0 Å². The lowest BCUT2D eigenvalue weighted by atomic mass is 9.55. The molecule has 2 aromatic carbocycles. The van der Waals surface area contributed by atoms with E-state index in [1.165, 1.54) is 49.8 Å². The number of hydrogen-bond acceptors (Lipinski definition) is 0. The second kappa shape index (κ2) is 4.91. The monoisotopic (exact) mass is 354 g/mol. The summed E-state index contributed by atoms with van der Waals surface area (Å²) in [6.07, 6.45) is 25.1. The molecule has 0 amide bonds. The minimum Gasteiger partial charge on any atom is -0.0658 e. The summed E-state index contributed by atoms with van der Waals surface area (Å²) < 4.78 is 0. The van der Waals surface area contributed by atoms with Crippen LogP contribution in [0.25, 0.3) is 21.9 Å². The van der Waals surface area contributed by atoms with Crippen LogP contribution in [0.2, 0.25) is 0 Å². The highest BCUT2D eigenvalue weighted by Gasteiger charge is 2.46. The van der Waals surface area contributed by atoms with Gasteiger partial charge in [0.1, 0.15) is 0 Å². The van der Waals surface area contributed by atoms with Gasteiger partial charge in [-0.2, -0.15) is 0 Å². The predicted molar refractivity (Wildman–Crippen MR) is 117 cm³/mol. The number of fused-ring (bicyclic) bond motifs is 2. The van der Waals surface area contributed by atoms with E-state index in [1.807, 2.05) is 0 Å². The molecule has 0 heteroatoms. The Bertz CT molecular complexity index is 1330. The van der Waals surface area contributed by atoms with Crippen molar-refractivity contribution in [2.75, 3.05) is 0 Å². The number of allylic oxidation sites excluding steroid dienone is 16. The maximum atomic E-state index is 2.38. The fourth-order valence-corrected chi connectivity index (χ4v) is 5.88. The second-order valence-electron chi connectivity index (χ2n) is 8.13. The van der Waals surface area contributed by atoms with Gasteiger partial charge in [-0.3, -0.25) is 0 Å². The number of hydrogen-bond donors (Lipinski definition) is 0. The summed E-state index contributed by atoms with van der Waals surface area (Å²) in [6, 6.07) is 13.5. The van der Waals surface area contributed by atoms with Gasteiger partial charge in [0.05, 0.1) is 5.41 Å². The minimum absolute atomic E-state index is 0.147. The molecule has 0 radical (unpaired) electrons. The Labute approximate surface area is 164 Å². The van der Waals surface area contributed by atoms with E-state index in [-0.39, 0.29) is 5.41 Å². The van der Waals surface area contributed by atoms with Gasteiger partial charge in [0.15, 0.2) is 0 Å². The summed E-state index contributed by atoms with van der Waals surface area (Å²) in [5, 5.41) is 2.73. The first-order valence-corrected chi connectivity index (χ1v) is 10.0. The molecule has 28 heavy (non-hydrogen) atoms. The molecule has 5 aliphatic rings. The van der Waals surface area contributed by atoms with E-state index in [2.05, 4.69) is 103 Å². The summed E-state index contributed by atoms with van der Waals surface area (Å²) in [5.41, 5.74) is 9.88. The molecule has 0 saturated heterocycles. The van der Waals surface area contributed by atoms with Gasteiger partial charge in [0, 0.05) is 5.92 Å². The summed E-state index contributed by atoms with van der Waals surface area (Å²) in [6.45, 7) is 0. The summed E-state index contributed by atoms with van der Waals surface area (Å²) in [4.78, 5) is 0. The Hall–Kier alpha value is -3.38. The fourth-order valence-electron chi connectivity index (χ4n) is 5.88. The molecule has 1 spiro atoms. The van der Waals surface area contributed by atoms with Crippen LogP contribution in [0.4, 0.5) is 0 Å². The zero-order valence-electron chi connectivity index (χ0n) is 15.4. The van der Waals surface area contributed by atoms with E-state index < -0.39 is 0 Å². The topological polar surface area (TPSA) is 0 Å². The van der Waals surface area contributed by atoms with Crippen LogP contribution in [0.1, 0.15) is 11.1 Å². The van der Waals surface area contributed by atoms with Gasteiger partial charge in [-0.05, 0) is 49.8 Å². The summed E-state index contributed by atoms with van der Waals surface area (Å²) >= 11 is 0. The van der Waals surface area contributed by atoms with Crippen molar-refractivity contribution >= 4 is 21.9 Å². The third-order valence-electron chi connectivity index (χ3n) is 6.93. The molecule has 2 atom stereocenters. The van der Waals surface area contributed by atoms with Crippen LogP contribution in [0, 0.1) is 11.3 Å². The molecule has 5 aliphatic carbocycles. The minimum atomic E-state index is -0.147. The largest absolute Gasteiger partial charge is 0.0658 e. The Morgan fingerprint density at radius 1 is 0.679 bits per heavy atom. The van der Waals surface area contributed by atoms with Gasteiger partial charge in [-0.25, -0.2) is 0 Å². The number of rotatable bonds is 0. The van der Waals surface area contributed by atoms with Crippen LogP contribution in [0.3, 0.4) is 0 Å². The van der Waals surface area contributed by atoms with E-state index in [0.717, 1.165) is 0 Å². The SMILES string of the molecule is C1=CC2=C3C=CC=CC34C=CC=CC4=C3c4cccc5cccc(c45)C(=C1)C23. The predicted octanol–water partition coefficient (Wildman–Crippen LogP) is 6.73. The van der Waals surface area contributed by atoms with Crippen LogP contribution in [0.5, 0.6) is 0 Å². The Kier molecular flexibility index (Phi) is 2.57. The van der Waals surface area contributed by atoms with Crippen LogP contribution in [-0.2, 0) is 0 Å². The molecule has 0 aliphatic heterocycles. The fraction of sp³-hybridized carbons (Fsp3) is 0.0714. The highest BCUT2D eigenvalue weighted by Crippen LogP contribution is 2.61. The van der Waals surface area contributed by atoms with Gasteiger partial charge in [-0.1, -0.05) is 103 Å². The molecular formula is C28H18. The van der Waals surface area contributed by atoms with Gasteiger partial charge >= 0.3 is 0 Å². The Morgan fingerprint density at radius 3 is 2.25 bits per heavy atom. The summed E-state index contributed by atoms with van der Waals surface area (Å²) in [7, 11) is 0. The van der Waals surface area contributed by atoms with E-state index >= 15 is 0 Å². The lowest BCUT2D eigenvalue weighted by Crippen LogP contribution is -2.33. The zero-order valence-corrected chi connectivity index (χ0v) is 15.4. The smallest absolute Gasteiger partial charge is 0.0575 e. The van der Waals surface area contributed by atoms with Crippen molar-refractivity contribution in [3.8, 4) is 0 Å². The molecule has 0 saturated carbocycles. The van der Waals surface area contributed by atoms with Crippen molar-refractivity contribution in [1.29, 1.82) is 0 Å². The molecule has 0 fully saturated rings. The van der Waals surface area contributed by atoms with Crippen molar-refractivity contribution in [3.05, 3.63) is 131 Å². The summed E-state index contributed by atoms with van der Waals surface area (Å²) in [5.74, 6) is 0.316. The van der Waals surface area contributed by atoms with Crippen molar-refractivity contribution in [2.24, 2.45) is 11.3 Å². The van der Waals surface area contributed by atoms with Crippen LogP contribution in [0.15, 0.2) is 120 Å². The third kappa shape index (κ3) is 1.55. The highest BCUT2D eigenvalue weighted by atomic mass is 14.5. The molecule has 0 N–H and O–H groups in total. The van der Waals surface area contributed by atoms with Gasteiger partial charge in [0.25, 0.3) is 0 Å². The van der Waals surface area contributed by atoms with Crippen LogP contribution >= 0.6 is 0 Å². The maximum Gasteiger partial charge on any atom is 0.0575 e. The molecule has 0 nitrogen and oxygen atoms in total. The van der Waals surface area contributed by atoms with E-state index in [0.29, 0.717) is 5.92 Å². The lowest BCUT2D eigenvalue weighted by molar-refractivity contribution is 0.686. The van der Waals surface area contributed by atoms with Crippen molar-refractivity contribution < 1.29 is 0 Å². The van der Waals surface area contributed by atoms with E-state index in [4.69, 9.17) is 0 Å². The second-order valence-corrected chi connectivity index (χ2v) is 8.13. The zero-order chi connectivity index (χ0) is 18.3. The third-order valence-corrected chi connectivity index (χ3v) is 6.93. The molecule has 2 aromatic rings. The van der Waals surface area contributed by atoms with Gasteiger partial charge < -0.3 is 0 Å².